The molecule has 25 N–H and O–H groups in total. The molecule has 1 aromatic rings. The van der Waals surface area contributed by atoms with Gasteiger partial charge in [0.05, 0.1) is 31.6 Å². The van der Waals surface area contributed by atoms with E-state index in [1.165, 1.54) is 56.9 Å². The molecule has 2 rings (SSSR count). The largest absolute Gasteiger partial charge is 0.508 e. The van der Waals surface area contributed by atoms with Gasteiger partial charge < -0.3 is 117 Å². The Morgan fingerprint density at radius 2 is 1.00 bits per heavy atom. The van der Waals surface area contributed by atoms with E-state index < -0.39 is 217 Å². The molecule has 1 heterocycles. The summed E-state index contributed by atoms with van der Waals surface area (Å²) in [7, 11) is 0. The maximum Gasteiger partial charge on any atom is 0.326 e. The molecule has 0 aromatic heterocycles. The molecule has 1 saturated heterocycles. The highest BCUT2D eigenvalue weighted by atomic mass is 32.1. The van der Waals surface area contributed by atoms with E-state index in [-0.39, 0.29) is 68.6 Å². The van der Waals surface area contributed by atoms with Gasteiger partial charge in [0.1, 0.15) is 84.3 Å². The molecule has 576 valence electrons. The summed E-state index contributed by atoms with van der Waals surface area (Å²) < 4.78 is 0. The number of nitrogens with two attached hydrogens (primary N) is 4. The number of nitrogens with zero attached hydrogens (tertiary/aromatic N) is 2. The summed E-state index contributed by atoms with van der Waals surface area (Å²) >= 11 is 4.09. The minimum Gasteiger partial charge on any atom is -0.508 e. The maximum atomic E-state index is 14.6. The van der Waals surface area contributed by atoms with Gasteiger partial charge in [-0.25, -0.2) is 4.79 Å². The van der Waals surface area contributed by atoms with Crippen LogP contribution in [0.2, 0.25) is 0 Å². The van der Waals surface area contributed by atoms with E-state index in [1.807, 2.05) is 0 Å². The number of primary amides is 1. The fourth-order valence-corrected chi connectivity index (χ4v) is 10.3. The summed E-state index contributed by atoms with van der Waals surface area (Å²) in [5, 5.41) is 78.6. The molecule has 0 bridgehead atoms. The number of carbonyl (C=O) groups is 16. The number of nitrogens with one attached hydrogen (secondary N) is 12. The zero-order valence-corrected chi connectivity index (χ0v) is 60.0. The molecule has 1 aliphatic heterocycles. The first-order valence-electron chi connectivity index (χ1n) is 33.3. The quantitative estimate of drug-likeness (QED) is 0.0125. The number of phenols is 1. The van der Waals surface area contributed by atoms with Crippen LogP contribution in [0.1, 0.15) is 120 Å². The van der Waals surface area contributed by atoms with Gasteiger partial charge in [0.25, 0.3) is 0 Å². The smallest absolute Gasteiger partial charge is 0.326 e. The number of guanidine groups is 1. The second-order valence-corrected chi connectivity index (χ2v) is 26.0. The Balaban J connectivity index is 2.31. The number of aliphatic hydroxyl groups excluding tert-OH is 2. The number of aliphatic carboxylic acids is 2. The topological polar surface area (TPSA) is 638 Å². The highest BCUT2D eigenvalue weighted by Crippen LogP contribution is 2.22. The van der Waals surface area contributed by atoms with Crippen LogP contribution < -0.4 is 86.7 Å². The molecule has 1 fully saturated rings. The van der Waals surface area contributed by atoms with Crippen LogP contribution in [0.3, 0.4) is 0 Å². The lowest BCUT2D eigenvalue weighted by molar-refractivity contribution is -0.144. The van der Waals surface area contributed by atoms with Gasteiger partial charge in [0.2, 0.25) is 82.7 Å². The van der Waals surface area contributed by atoms with Gasteiger partial charge >= 0.3 is 11.9 Å². The zero-order valence-electron chi connectivity index (χ0n) is 59.1. The highest BCUT2D eigenvalue weighted by Gasteiger charge is 2.42. The van der Waals surface area contributed by atoms with Crippen molar-refractivity contribution in [3.8, 4) is 5.75 Å². The van der Waals surface area contributed by atoms with Gasteiger partial charge in [-0.05, 0) is 88.8 Å². The Morgan fingerprint density at radius 1 is 0.553 bits per heavy atom. The van der Waals surface area contributed by atoms with Crippen molar-refractivity contribution in [2.24, 2.45) is 45.7 Å². The average molecular weight is 1480 g/mol. The summed E-state index contributed by atoms with van der Waals surface area (Å²) in [5.41, 5.74) is 22.5. The van der Waals surface area contributed by atoms with Gasteiger partial charge in [0.15, 0.2) is 5.96 Å². The predicted octanol–water partition coefficient (Wildman–Crippen LogP) is -7.72. The lowest BCUT2D eigenvalue weighted by Gasteiger charge is -2.31. The Labute approximate surface area is 600 Å². The number of carbonyl (C=O) groups excluding carboxylic acids is 14. The number of thiol groups is 1. The van der Waals surface area contributed by atoms with Crippen LogP contribution in [0.5, 0.6) is 5.75 Å². The minimum absolute atomic E-state index is 0.00286. The first-order valence-corrected chi connectivity index (χ1v) is 33.9. The number of hydrogen-bond donors (Lipinski definition) is 22. The average Bonchev–Trinajstić information content (AvgIpc) is 1.76. The fraction of sp³-hybridized carbons (Fsp3) is 0.635. The van der Waals surface area contributed by atoms with Crippen LogP contribution >= 0.6 is 12.6 Å². The normalized spacial score (nSPS) is 17.0. The molecule has 40 heteroatoms. The molecule has 0 radical (unpaired) electrons. The standard InChI is InChI=1S/C63H102N18O21S/c1-11-29(6)45(65)57(96)77-41(26-103)55(94)73-37(24-44(86)87)53(92)69-32(9)51(90)78-47(28(4)5)59(98)80-48(33(10)83)60(99)71-31(8)50(89)76-40(25-82)54(93)72-36(14-12-20-68-63(66)67)52(91)79-46(27(2)3)58(97)74-38(22-34-16-18-35(84)19-17-34)61(100)81-21-13-15-42(81)56(95)70-30(7)49(88)75-39(62(101)102)23-43(64)85/h16-19,27-33,36-42,45-48,82-84,103H,11-15,20-26,65H2,1-10H3,(H2,64,85)(H,69,92)(H,70,95)(H,71,99)(H,72,93)(H,73,94)(H,74,97)(H,75,88)(H,76,89)(H,77,96)(H,78,90)(H,79,91)(H,80,98)(H,86,87)(H,101,102)(H4,66,67,68)/t29-,30-,31-,32-,33+,36-,37-,38-,39-,40-,41-,42-,45-,46-,47-,48-/m0/s1. The monoisotopic (exact) mass is 1480 g/mol. The Kier molecular flexibility index (Phi) is 37.3. The third-order valence-electron chi connectivity index (χ3n) is 16.4. The molecule has 0 aliphatic carbocycles. The summed E-state index contributed by atoms with van der Waals surface area (Å²) in [6.07, 6.45) is -2.99. The summed E-state index contributed by atoms with van der Waals surface area (Å²) in [6.45, 7) is 13.0. The van der Waals surface area contributed by atoms with Gasteiger partial charge in [-0.15, -0.1) is 0 Å². The van der Waals surface area contributed by atoms with E-state index in [4.69, 9.17) is 22.9 Å². The molecule has 1 aliphatic rings. The van der Waals surface area contributed by atoms with Gasteiger partial charge in [-0.3, -0.25) is 76.9 Å². The minimum atomic E-state index is -1.86. The number of aliphatic imine (C=N–C) groups is 1. The lowest BCUT2D eigenvalue weighted by atomic mass is 9.99. The van der Waals surface area contributed by atoms with Crippen LogP contribution in [0, 0.1) is 17.8 Å². The molecule has 103 heavy (non-hydrogen) atoms. The van der Waals surface area contributed by atoms with Crippen molar-refractivity contribution in [1.82, 2.24) is 68.7 Å². The van der Waals surface area contributed by atoms with E-state index >= 15 is 0 Å². The summed E-state index contributed by atoms with van der Waals surface area (Å²) in [5.74, 6) is -19.6. The lowest BCUT2D eigenvalue weighted by Crippen LogP contribution is -2.62. The third-order valence-corrected chi connectivity index (χ3v) is 16.8. The SMILES string of the molecule is CC[C@H](C)[C@H](N)C(=O)N[C@@H](CS)C(=O)N[C@@H](CC(=O)O)C(=O)N[C@@H](C)C(=O)N[C@H](C(=O)N[C@H](C(=O)N[C@@H](C)C(=O)N[C@@H](CO)C(=O)N[C@@H](CCCN=C(N)N)C(=O)N[C@H](C(=O)N[C@@H](Cc1ccc(O)cc1)C(=O)N1CCC[C@H]1C(=O)N[C@@H](C)C(=O)N[C@@H](CC(N)=O)C(=O)O)C(C)C)[C@@H](C)O)C(C)C. The van der Waals surface area contributed by atoms with Crippen LogP contribution in [-0.4, -0.2) is 247 Å². The molecule has 1 aromatic carbocycles. The zero-order chi connectivity index (χ0) is 78.4. The Hall–Kier alpha value is -9.96. The van der Waals surface area contributed by atoms with E-state index in [9.17, 15) is 102 Å². The van der Waals surface area contributed by atoms with E-state index in [2.05, 4.69) is 81.4 Å². The number of likely N-dealkylation sites (tertiary alicyclic amines) is 1. The first kappa shape index (κ1) is 89.1. The van der Waals surface area contributed by atoms with Gasteiger partial charge in [-0.1, -0.05) is 60.1 Å². The molecule has 0 saturated carbocycles. The van der Waals surface area contributed by atoms with E-state index in [1.54, 1.807) is 27.7 Å². The van der Waals surface area contributed by atoms with Crippen molar-refractivity contribution in [2.75, 3.05) is 25.4 Å². The number of benzene rings is 1. The maximum absolute atomic E-state index is 14.6. The number of rotatable bonds is 43. The molecular formula is C63H102N18O21S. The number of hydrogen-bond acceptors (Lipinski definition) is 22. The number of phenolic OH excluding ortho intramolecular Hbond substituents is 1. The fourth-order valence-electron chi connectivity index (χ4n) is 10.1. The molecule has 14 amide bonds. The van der Waals surface area contributed by atoms with Crippen molar-refractivity contribution >= 4 is 113 Å². The highest BCUT2D eigenvalue weighted by molar-refractivity contribution is 7.80. The van der Waals surface area contributed by atoms with Gasteiger partial charge in [-0.2, -0.15) is 12.6 Å². The Bertz CT molecular complexity index is 3210. The van der Waals surface area contributed by atoms with Crippen LogP contribution in [0.15, 0.2) is 29.3 Å². The molecule has 0 spiro atoms. The molecule has 39 nitrogen and oxygen atoms in total. The van der Waals surface area contributed by atoms with E-state index in [0.29, 0.717) is 12.0 Å². The Morgan fingerprint density at radius 3 is 1.50 bits per heavy atom. The number of aromatic hydroxyl groups is 1. The molecule has 0 unspecified atom stereocenters. The molecular weight excluding hydrogens is 1380 g/mol. The summed E-state index contributed by atoms with van der Waals surface area (Å²) in [6, 6.07) is -15.7. The van der Waals surface area contributed by atoms with Crippen LogP contribution in [-0.2, 0) is 83.1 Å². The third kappa shape index (κ3) is 29.5. The van der Waals surface area contributed by atoms with Crippen molar-refractivity contribution in [3.05, 3.63) is 29.8 Å². The van der Waals surface area contributed by atoms with Crippen molar-refractivity contribution in [3.63, 3.8) is 0 Å². The number of carboxylic acids is 2. The van der Waals surface area contributed by atoms with Gasteiger partial charge in [0, 0.05) is 25.3 Å². The second kappa shape index (κ2) is 43.1. The van der Waals surface area contributed by atoms with Crippen molar-refractivity contribution < 1.29 is 102 Å². The van der Waals surface area contributed by atoms with Crippen LogP contribution in [0.25, 0.3) is 0 Å². The van der Waals surface area contributed by atoms with Crippen molar-refractivity contribution in [2.45, 2.75) is 211 Å². The second-order valence-electron chi connectivity index (χ2n) is 25.6. The first-order chi connectivity index (χ1) is 48.1. The summed E-state index contributed by atoms with van der Waals surface area (Å²) in [4.78, 5) is 218. The number of amides is 14. The number of carboxylic acid groups (broad SMARTS) is 2. The number of aliphatic hydroxyl groups is 2. The molecule has 16 atom stereocenters. The van der Waals surface area contributed by atoms with Crippen molar-refractivity contribution in [1.29, 1.82) is 0 Å². The van der Waals surface area contributed by atoms with Crippen LogP contribution in [0.4, 0.5) is 0 Å². The van der Waals surface area contributed by atoms with E-state index in [0.717, 1.165) is 13.8 Å². The predicted molar refractivity (Wildman–Crippen MR) is 370 cm³/mol.